The third-order valence-corrected chi connectivity index (χ3v) is 3.88. The van der Waals surface area contributed by atoms with Gasteiger partial charge in [0.1, 0.15) is 5.92 Å². The van der Waals surface area contributed by atoms with Crippen LogP contribution >= 0.6 is 0 Å². The van der Waals surface area contributed by atoms with Crippen LogP contribution in [0.5, 0.6) is 0 Å². The first-order valence-corrected chi connectivity index (χ1v) is 6.48. The SMILES string of the molecule is Nc1ccc([C@@H]2[C@@H](C(=O)O)C2(F)F)c(S(=O)(=O)O)c1. The highest BCUT2D eigenvalue weighted by atomic mass is 32.2. The highest BCUT2D eigenvalue weighted by Gasteiger charge is 2.73. The van der Waals surface area contributed by atoms with Gasteiger partial charge in [0.15, 0.2) is 0 Å². The second kappa shape index (κ2) is 3.87. The van der Waals surface area contributed by atoms with Gasteiger partial charge in [-0.15, -0.1) is 0 Å². The van der Waals surface area contributed by atoms with Gasteiger partial charge in [0, 0.05) is 5.69 Å². The number of rotatable bonds is 3. The van der Waals surface area contributed by atoms with Gasteiger partial charge in [0.25, 0.3) is 16.0 Å². The van der Waals surface area contributed by atoms with Crippen molar-refractivity contribution < 1.29 is 31.7 Å². The van der Waals surface area contributed by atoms with E-state index in [1.54, 1.807) is 0 Å². The number of hydrogen-bond acceptors (Lipinski definition) is 4. The topological polar surface area (TPSA) is 118 Å². The van der Waals surface area contributed by atoms with Crippen molar-refractivity contribution in [3.8, 4) is 0 Å². The van der Waals surface area contributed by atoms with E-state index in [9.17, 15) is 22.0 Å². The molecule has 0 radical (unpaired) electrons. The molecule has 1 aliphatic rings. The molecule has 1 fully saturated rings. The number of hydrogen-bond donors (Lipinski definition) is 3. The molecule has 1 aromatic carbocycles. The third-order valence-electron chi connectivity index (χ3n) is 2.97. The average molecular weight is 293 g/mol. The van der Waals surface area contributed by atoms with Crippen LogP contribution in [-0.4, -0.2) is 30.0 Å². The standard InChI is InChI=1S/C10H9F2NO5S/c11-10(12)7(8(10)9(14)15)5-2-1-4(13)3-6(5)19(16,17)18/h1-3,7-8H,13H2,(H,14,15)(H,16,17,18)/t7-,8+/m1/s1. The Balaban J connectivity index is 2.57. The molecule has 0 aromatic heterocycles. The van der Waals surface area contributed by atoms with Crippen molar-refractivity contribution in [1.29, 1.82) is 0 Å². The summed E-state index contributed by atoms with van der Waals surface area (Å²) in [6.45, 7) is 0. The molecule has 9 heteroatoms. The highest BCUT2D eigenvalue weighted by Crippen LogP contribution is 2.62. The van der Waals surface area contributed by atoms with Gasteiger partial charge in [-0.3, -0.25) is 9.35 Å². The molecule has 0 unspecified atom stereocenters. The van der Waals surface area contributed by atoms with Gasteiger partial charge < -0.3 is 10.8 Å². The molecular weight excluding hydrogens is 284 g/mol. The van der Waals surface area contributed by atoms with Crippen LogP contribution in [0.2, 0.25) is 0 Å². The molecule has 4 N–H and O–H groups in total. The minimum atomic E-state index is -4.77. The average Bonchev–Trinajstić information content (AvgIpc) is 2.80. The minimum Gasteiger partial charge on any atom is -0.481 e. The number of nitrogen functional groups attached to an aromatic ring is 1. The fraction of sp³-hybridized carbons (Fsp3) is 0.300. The van der Waals surface area contributed by atoms with E-state index in [2.05, 4.69) is 0 Å². The highest BCUT2D eigenvalue weighted by molar-refractivity contribution is 7.85. The Morgan fingerprint density at radius 2 is 1.95 bits per heavy atom. The van der Waals surface area contributed by atoms with Crippen LogP contribution in [0.15, 0.2) is 23.1 Å². The van der Waals surface area contributed by atoms with Gasteiger partial charge >= 0.3 is 5.97 Å². The predicted octanol–water partition coefficient (Wildman–Crippen LogP) is 0.949. The minimum absolute atomic E-state index is 0.0489. The molecule has 1 saturated carbocycles. The zero-order valence-electron chi connectivity index (χ0n) is 9.25. The number of carboxylic acid groups (broad SMARTS) is 1. The largest absolute Gasteiger partial charge is 0.481 e. The van der Waals surface area contributed by atoms with Crippen LogP contribution in [0.1, 0.15) is 11.5 Å². The van der Waals surface area contributed by atoms with Gasteiger partial charge in [-0.1, -0.05) is 6.07 Å². The van der Waals surface area contributed by atoms with Crippen molar-refractivity contribution in [2.45, 2.75) is 16.7 Å². The van der Waals surface area contributed by atoms with E-state index in [4.69, 9.17) is 15.4 Å². The van der Waals surface area contributed by atoms with Gasteiger partial charge in [-0.05, 0) is 17.7 Å². The lowest BCUT2D eigenvalue weighted by atomic mass is 10.1. The summed E-state index contributed by atoms with van der Waals surface area (Å²) in [6, 6.07) is 2.97. The van der Waals surface area contributed by atoms with E-state index < -0.39 is 44.3 Å². The van der Waals surface area contributed by atoms with Crippen LogP contribution in [0.3, 0.4) is 0 Å². The maximum atomic E-state index is 13.4. The lowest BCUT2D eigenvalue weighted by molar-refractivity contribution is -0.140. The van der Waals surface area contributed by atoms with Crippen LogP contribution < -0.4 is 5.73 Å². The molecule has 0 saturated heterocycles. The van der Waals surface area contributed by atoms with E-state index in [1.807, 2.05) is 0 Å². The van der Waals surface area contributed by atoms with Crippen molar-refractivity contribution >= 4 is 21.8 Å². The molecule has 0 amide bonds. The summed E-state index contributed by atoms with van der Waals surface area (Å²) >= 11 is 0. The zero-order chi connectivity index (χ0) is 14.6. The molecule has 0 bridgehead atoms. The van der Waals surface area contributed by atoms with Gasteiger partial charge in [0.05, 0.1) is 10.8 Å². The molecule has 1 aliphatic carbocycles. The lowest BCUT2D eigenvalue weighted by Crippen LogP contribution is -2.06. The molecule has 1 aromatic rings. The van der Waals surface area contributed by atoms with E-state index in [-0.39, 0.29) is 5.69 Å². The van der Waals surface area contributed by atoms with Crippen molar-refractivity contribution in [3.63, 3.8) is 0 Å². The summed E-state index contributed by atoms with van der Waals surface area (Å²) in [5, 5.41) is 8.65. The summed E-state index contributed by atoms with van der Waals surface area (Å²) in [7, 11) is -4.77. The van der Waals surface area contributed by atoms with E-state index in [0.717, 1.165) is 18.2 Å². The summed E-state index contributed by atoms with van der Waals surface area (Å²) in [5.41, 5.74) is 4.83. The molecular formula is C10H9F2NO5S. The molecule has 19 heavy (non-hydrogen) atoms. The van der Waals surface area contributed by atoms with Crippen molar-refractivity contribution in [1.82, 2.24) is 0 Å². The molecule has 2 rings (SSSR count). The molecule has 0 spiro atoms. The van der Waals surface area contributed by atoms with Crippen LogP contribution in [0, 0.1) is 5.92 Å². The Bertz CT molecular complexity index is 658. The first kappa shape index (κ1) is 13.7. The number of alkyl halides is 2. The number of aliphatic carboxylic acids is 1. The van der Waals surface area contributed by atoms with Gasteiger partial charge in [-0.2, -0.15) is 8.42 Å². The molecule has 2 atom stereocenters. The van der Waals surface area contributed by atoms with Gasteiger partial charge in [0.2, 0.25) is 0 Å². The Morgan fingerprint density at radius 1 is 1.37 bits per heavy atom. The maximum absolute atomic E-state index is 13.4. The molecule has 104 valence electrons. The smallest absolute Gasteiger partial charge is 0.313 e. The third kappa shape index (κ3) is 2.15. The summed E-state index contributed by atoms with van der Waals surface area (Å²) in [4.78, 5) is 9.88. The Morgan fingerprint density at radius 3 is 2.37 bits per heavy atom. The monoisotopic (exact) mass is 293 g/mol. The van der Waals surface area contributed by atoms with Crippen molar-refractivity contribution in [2.75, 3.05) is 5.73 Å². The fourth-order valence-electron chi connectivity index (χ4n) is 2.05. The maximum Gasteiger partial charge on any atom is 0.313 e. The molecule has 0 aliphatic heterocycles. The zero-order valence-corrected chi connectivity index (χ0v) is 10.1. The van der Waals surface area contributed by atoms with E-state index in [0.29, 0.717) is 0 Å². The second-order valence-corrected chi connectivity index (χ2v) is 5.63. The Labute approximate surface area is 106 Å². The number of halogens is 2. The normalized spacial score (nSPS) is 25.0. The van der Waals surface area contributed by atoms with E-state index >= 15 is 0 Å². The summed E-state index contributed by atoms with van der Waals surface area (Å²) in [5.74, 6) is -9.08. The number of carboxylic acids is 1. The number of benzene rings is 1. The number of nitrogens with two attached hydrogens (primary N) is 1. The van der Waals surface area contributed by atoms with Crippen molar-refractivity contribution in [3.05, 3.63) is 23.8 Å². The molecule has 6 nitrogen and oxygen atoms in total. The Kier molecular flexibility index (Phi) is 2.79. The Hall–Kier alpha value is -1.74. The molecule has 0 heterocycles. The quantitative estimate of drug-likeness (QED) is 0.564. The van der Waals surface area contributed by atoms with E-state index in [1.165, 1.54) is 0 Å². The summed E-state index contributed by atoms with van der Waals surface area (Å²) in [6.07, 6.45) is 0. The second-order valence-electron chi connectivity index (χ2n) is 4.24. The number of carbonyl (C=O) groups is 1. The van der Waals surface area contributed by atoms with Gasteiger partial charge in [-0.25, -0.2) is 8.78 Å². The van der Waals surface area contributed by atoms with Crippen molar-refractivity contribution in [2.24, 2.45) is 5.92 Å². The van der Waals surface area contributed by atoms with Crippen LogP contribution in [-0.2, 0) is 14.9 Å². The predicted molar refractivity (Wildman–Crippen MR) is 59.5 cm³/mol. The number of anilines is 1. The first-order valence-electron chi connectivity index (χ1n) is 5.04. The summed E-state index contributed by atoms with van der Waals surface area (Å²) < 4.78 is 58.0. The fourth-order valence-corrected chi connectivity index (χ4v) is 2.83. The lowest BCUT2D eigenvalue weighted by Gasteiger charge is -2.07. The van der Waals surface area contributed by atoms with Crippen LogP contribution in [0.4, 0.5) is 14.5 Å². The first-order chi connectivity index (χ1) is 8.56. The van der Waals surface area contributed by atoms with Crippen LogP contribution in [0.25, 0.3) is 0 Å².